The lowest BCUT2D eigenvalue weighted by molar-refractivity contribution is -0.151. The summed E-state index contributed by atoms with van der Waals surface area (Å²) >= 11 is 0. The van der Waals surface area contributed by atoms with Crippen LogP contribution in [0.15, 0.2) is 65.8 Å². The minimum atomic E-state index is -1.06. The van der Waals surface area contributed by atoms with Crippen LogP contribution in [-0.2, 0) is 19.8 Å². The molecule has 0 saturated carbocycles. The van der Waals surface area contributed by atoms with Crippen LogP contribution in [0.3, 0.4) is 0 Å². The first kappa shape index (κ1) is 15.3. The second kappa shape index (κ2) is 6.24. The largest absolute Gasteiger partial charge is 0.465 e. The SMILES string of the molecule is CCOC(=O)C1(c2ccccc2)C(C)=NOC1c1ccccc1. The molecule has 0 aromatic heterocycles. The highest BCUT2D eigenvalue weighted by molar-refractivity contribution is 6.12. The van der Waals surface area contributed by atoms with E-state index in [2.05, 4.69) is 5.16 Å². The molecule has 0 bridgehead atoms. The van der Waals surface area contributed by atoms with Gasteiger partial charge in [0, 0.05) is 0 Å². The molecule has 3 rings (SSSR count). The van der Waals surface area contributed by atoms with Crippen LogP contribution < -0.4 is 0 Å². The zero-order valence-electron chi connectivity index (χ0n) is 13.2. The normalized spacial score (nSPS) is 23.0. The molecule has 2 unspecified atom stereocenters. The van der Waals surface area contributed by atoms with Crippen LogP contribution >= 0.6 is 0 Å². The second-order valence-corrected chi connectivity index (χ2v) is 5.47. The van der Waals surface area contributed by atoms with E-state index in [0.717, 1.165) is 11.1 Å². The van der Waals surface area contributed by atoms with Crippen molar-refractivity contribution in [2.24, 2.45) is 5.16 Å². The first-order valence-corrected chi connectivity index (χ1v) is 7.69. The number of oxime groups is 1. The average molecular weight is 309 g/mol. The predicted molar refractivity (Wildman–Crippen MR) is 88.1 cm³/mol. The molecule has 0 aliphatic carbocycles. The molecule has 2 aromatic rings. The first-order chi connectivity index (χ1) is 11.2. The Hall–Kier alpha value is -2.62. The van der Waals surface area contributed by atoms with Crippen molar-refractivity contribution in [1.29, 1.82) is 0 Å². The number of esters is 1. The molecule has 4 nitrogen and oxygen atoms in total. The van der Waals surface area contributed by atoms with Gasteiger partial charge in [-0.1, -0.05) is 65.8 Å². The molecule has 0 fully saturated rings. The highest BCUT2D eigenvalue weighted by Crippen LogP contribution is 2.46. The summed E-state index contributed by atoms with van der Waals surface area (Å²) in [6.07, 6.45) is -0.537. The van der Waals surface area contributed by atoms with E-state index in [1.54, 1.807) is 6.92 Å². The monoisotopic (exact) mass is 309 g/mol. The van der Waals surface area contributed by atoms with Crippen molar-refractivity contribution >= 4 is 11.7 Å². The van der Waals surface area contributed by atoms with Crippen LogP contribution in [0, 0.1) is 0 Å². The topological polar surface area (TPSA) is 47.9 Å². The number of hydrogen-bond donors (Lipinski definition) is 0. The van der Waals surface area contributed by atoms with E-state index in [9.17, 15) is 4.79 Å². The minimum absolute atomic E-state index is 0.308. The maximum Gasteiger partial charge on any atom is 0.326 e. The van der Waals surface area contributed by atoms with Crippen LogP contribution in [0.25, 0.3) is 0 Å². The molecule has 118 valence electrons. The first-order valence-electron chi connectivity index (χ1n) is 7.69. The van der Waals surface area contributed by atoms with E-state index in [1.165, 1.54) is 0 Å². The van der Waals surface area contributed by atoms with Gasteiger partial charge in [0.05, 0.1) is 12.3 Å². The van der Waals surface area contributed by atoms with Gasteiger partial charge in [-0.05, 0) is 25.0 Å². The fourth-order valence-corrected chi connectivity index (χ4v) is 3.09. The Balaban J connectivity index is 2.19. The van der Waals surface area contributed by atoms with E-state index in [4.69, 9.17) is 9.57 Å². The summed E-state index contributed by atoms with van der Waals surface area (Å²) in [5, 5.41) is 4.14. The van der Waals surface area contributed by atoms with Gasteiger partial charge in [0.2, 0.25) is 0 Å². The number of ether oxygens (including phenoxy) is 1. The predicted octanol–water partition coefficient (Wildman–Crippen LogP) is 3.63. The fraction of sp³-hybridized carbons (Fsp3) is 0.263. The van der Waals surface area contributed by atoms with Crippen molar-refractivity contribution in [2.75, 3.05) is 6.61 Å². The lowest BCUT2D eigenvalue weighted by Crippen LogP contribution is -2.46. The Kier molecular flexibility index (Phi) is 4.15. The van der Waals surface area contributed by atoms with E-state index in [1.807, 2.05) is 67.6 Å². The second-order valence-electron chi connectivity index (χ2n) is 5.47. The number of benzene rings is 2. The van der Waals surface area contributed by atoms with Crippen LogP contribution in [0.5, 0.6) is 0 Å². The number of carbonyl (C=O) groups excluding carboxylic acids is 1. The molecule has 2 aromatic carbocycles. The lowest BCUT2D eigenvalue weighted by Gasteiger charge is -2.31. The number of hydrogen-bond acceptors (Lipinski definition) is 4. The summed E-state index contributed by atoms with van der Waals surface area (Å²) in [6.45, 7) is 3.92. The Morgan fingerprint density at radius 2 is 1.74 bits per heavy atom. The number of nitrogens with zero attached hydrogens (tertiary/aromatic N) is 1. The van der Waals surface area contributed by atoms with Gasteiger partial charge < -0.3 is 9.57 Å². The van der Waals surface area contributed by atoms with Crippen molar-refractivity contribution < 1.29 is 14.4 Å². The zero-order valence-corrected chi connectivity index (χ0v) is 13.2. The molecule has 4 heteroatoms. The number of rotatable bonds is 4. The van der Waals surface area contributed by atoms with Gasteiger partial charge in [-0.15, -0.1) is 0 Å². The van der Waals surface area contributed by atoms with Crippen molar-refractivity contribution in [3.63, 3.8) is 0 Å². The maximum absolute atomic E-state index is 13.0. The highest BCUT2D eigenvalue weighted by Gasteiger charge is 2.57. The van der Waals surface area contributed by atoms with E-state index < -0.39 is 11.5 Å². The Morgan fingerprint density at radius 1 is 1.13 bits per heavy atom. The third kappa shape index (κ3) is 2.40. The van der Waals surface area contributed by atoms with Gasteiger partial charge in [0.1, 0.15) is 0 Å². The van der Waals surface area contributed by atoms with Gasteiger partial charge in [-0.2, -0.15) is 0 Å². The van der Waals surface area contributed by atoms with Gasteiger partial charge >= 0.3 is 5.97 Å². The standard InChI is InChI=1S/C19H19NO3/c1-3-22-18(21)19(16-12-8-5-9-13-16)14(2)20-23-17(19)15-10-6-4-7-11-15/h4-13,17H,3H2,1-2H3. The Labute approximate surface area is 135 Å². The van der Waals surface area contributed by atoms with Crippen molar-refractivity contribution in [3.8, 4) is 0 Å². The van der Waals surface area contributed by atoms with Crippen LogP contribution in [0.1, 0.15) is 31.1 Å². The van der Waals surface area contributed by atoms with Crippen LogP contribution in [0.2, 0.25) is 0 Å². The zero-order chi connectivity index (χ0) is 16.3. The van der Waals surface area contributed by atoms with Gasteiger partial charge in [-0.3, -0.25) is 4.79 Å². The summed E-state index contributed by atoms with van der Waals surface area (Å²) in [6, 6.07) is 19.2. The third-order valence-electron chi connectivity index (χ3n) is 4.19. The summed E-state index contributed by atoms with van der Waals surface area (Å²) < 4.78 is 5.41. The lowest BCUT2D eigenvalue weighted by atomic mass is 9.70. The number of carbonyl (C=O) groups is 1. The van der Waals surface area contributed by atoms with E-state index in [-0.39, 0.29) is 5.97 Å². The summed E-state index contributed by atoms with van der Waals surface area (Å²) in [7, 11) is 0. The Bertz CT molecular complexity index is 712. The summed E-state index contributed by atoms with van der Waals surface area (Å²) in [5.74, 6) is -0.334. The molecule has 0 saturated heterocycles. The maximum atomic E-state index is 13.0. The van der Waals surface area contributed by atoms with Gasteiger partial charge in [0.15, 0.2) is 11.5 Å². The molecule has 0 spiro atoms. The van der Waals surface area contributed by atoms with E-state index in [0.29, 0.717) is 12.3 Å². The molecule has 2 atom stereocenters. The molecule has 0 N–H and O–H groups in total. The highest BCUT2D eigenvalue weighted by atomic mass is 16.6. The molecular weight excluding hydrogens is 290 g/mol. The molecule has 1 aliphatic rings. The van der Waals surface area contributed by atoms with Crippen LogP contribution in [0.4, 0.5) is 0 Å². The van der Waals surface area contributed by atoms with Crippen molar-refractivity contribution in [1.82, 2.24) is 0 Å². The molecule has 23 heavy (non-hydrogen) atoms. The Morgan fingerprint density at radius 3 is 2.35 bits per heavy atom. The summed E-state index contributed by atoms with van der Waals surface area (Å²) in [5.41, 5.74) is 1.27. The average Bonchev–Trinajstić information content (AvgIpc) is 2.95. The molecule has 1 aliphatic heterocycles. The molecule has 0 amide bonds. The van der Waals surface area contributed by atoms with Gasteiger partial charge in [0.25, 0.3) is 0 Å². The molecular formula is C19H19NO3. The van der Waals surface area contributed by atoms with Crippen LogP contribution in [-0.4, -0.2) is 18.3 Å². The molecule has 1 heterocycles. The van der Waals surface area contributed by atoms with Crippen molar-refractivity contribution in [3.05, 3.63) is 71.8 Å². The van der Waals surface area contributed by atoms with E-state index >= 15 is 0 Å². The van der Waals surface area contributed by atoms with Crippen molar-refractivity contribution in [2.45, 2.75) is 25.4 Å². The minimum Gasteiger partial charge on any atom is -0.465 e. The molecule has 0 radical (unpaired) electrons. The quantitative estimate of drug-likeness (QED) is 0.810. The third-order valence-corrected chi connectivity index (χ3v) is 4.19. The smallest absolute Gasteiger partial charge is 0.326 e. The fourth-order valence-electron chi connectivity index (χ4n) is 3.09. The summed E-state index contributed by atoms with van der Waals surface area (Å²) in [4.78, 5) is 18.7. The van der Waals surface area contributed by atoms with Gasteiger partial charge in [-0.25, -0.2) is 0 Å².